The summed E-state index contributed by atoms with van der Waals surface area (Å²) in [7, 11) is -1.63. The average Bonchev–Trinajstić information content (AvgIpc) is 2.41. The van der Waals surface area contributed by atoms with E-state index in [2.05, 4.69) is 5.32 Å². The van der Waals surface area contributed by atoms with Crippen LogP contribution in [0.4, 0.5) is 0 Å². The molecule has 0 spiro atoms. The Kier molecular flexibility index (Phi) is 5.97. The van der Waals surface area contributed by atoms with E-state index in [-0.39, 0.29) is 24.4 Å². The largest absolute Gasteiger partial charge is 0.347 e. The molecule has 0 bridgehead atoms. The maximum absolute atomic E-state index is 12.1. The van der Waals surface area contributed by atoms with Crippen molar-refractivity contribution >= 4 is 21.8 Å². The van der Waals surface area contributed by atoms with Crippen molar-refractivity contribution < 1.29 is 18.0 Å². The van der Waals surface area contributed by atoms with Gasteiger partial charge in [0.25, 0.3) is 0 Å². The predicted molar refractivity (Wildman–Crippen MR) is 84.7 cm³/mol. The van der Waals surface area contributed by atoms with E-state index in [0.29, 0.717) is 25.9 Å². The van der Waals surface area contributed by atoms with E-state index in [4.69, 9.17) is 0 Å². The van der Waals surface area contributed by atoms with Crippen LogP contribution < -0.4 is 5.32 Å². The van der Waals surface area contributed by atoms with Gasteiger partial charge in [0.2, 0.25) is 21.8 Å². The van der Waals surface area contributed by atoms with Gasteiger partial charge in [0.05, 0.1) is 12.8 Å². The summed E-state index contributed by atoms with van der Waals surface area (Å²) in [6.45, 7) is 6.38. The molecule has 1 saturated heterocycles. The fourth-order valence-electron chi connectivity index (χ4n) is 2.28. The summed E-state index contributed by atoms with van der Waals surface area (Å²) in [6.07, 6.45) is 2.41. The van der Waals surface area contributed by atoms with E-state index in [0.717, 1.165) is 0 Å². The Morgan fingerprint density at radius 1 is 1.23 bits per heavy atom. The van der Waals surface area contributed by atoms with Crippen molar-refractivity contribution in [1.82, 2.24) is 14.5 Å². The summed E-state index contributed by atoms with van der Waals surface area (Å²) in [5.74, 6) is -0.286. The monoisotopic (exact) mass is 333 g/mol. The standard InChI is InChI=1S/C14H27N3O4S/c1-14(2,3)13(19)15-10-12(18)17-8-6-11(7-9-17)16(4)22(5,20)21/h11H,6-10H2,1-5H3,(H,15,19). The second kappa shape index (κ2) is 6.95. The number of nitrogens with one attached hydrogen (secondary N) is 1. The Balaban J connectivity index is 2.45. The van der Waals surface area contributed by atoms with Gasteiger partial charge < -0.3 is 10.2 Å². The quantitative estimate of drug-likeness (QED) is 0.786. The first-order valence-electron chi connectivity index (χ1n) is 7.42. The van der Waals surface area contributed by atoms with Crippen LogP contribution in [-0.2, 0) is 19.6 Å². The van der Waals surface area contributed by atoms with Gasteiger partial charge in [-0.2, -0.15) is 0 Å². The van der Waals surface area contributed by atoms with Gasteiger partial charge in [-0.3, -0.25) is 9.59 Å². The smallest absolute Gasteiger partial charge is 0.241 e. The molecule has 8 heteroatoms. The van der Waals surface area contributed by atoms with Gasteiger partial charge in [0, 0.05) is 31.6 Å². The first-order chi connectivity index (χ1) is 9.93. The maximum atomic E-state index is 12.1. The van der Waals surface area contributed by atoms with Crippen LogP contribution in [0, 0.1) is 5.41 Å². The molecule has 0 radical (unpaired) electrons. The fourth-order valence-corrected chi connectivity index (χ4v) is 3.03. The van der Waals surface area contributed by atoms with Gasteiger partial charge in [-0.05, 0) is 12.8 Å². The number of piperidine rings is 1. The molecule has 0 aliphatic carbocycles. The van der Waals surface area contributed by atoms with Crippen LogP contribution >= 0.6 is 0 Å². The van der Waals surface area contributed by atoms with Crippen molar-refractivity contribution in [3.8, 4) is 0 Å². The highest BCUT2D eigenvalue weighted by Gasteiger charge is 2.29. The van der Waals surface area contributed by atoms with Gasteiger partial charge in [-0.15, -0.1) is 0 Å². The molecule has 0 aromatic rings. The average molecular weight is 333 g/mol. The molecule has 0 unspecified atom stereocenters. The molecule has 1 heterocycles. The lowest BCUT2D eigenvalue weighted by atomic mass is 9.96. The first-order valence-corrected chi connectivity index (χ1v) is 9.27. The van der Waals surface area contributed by atoms with E-state index in [1.807, 2.05) is 0 Å². The number of rotatable bonds is 4. The number of carbonyl (C=O) groups is 2. The molecule has 22 heavy (non-hydrogen) atoms. The van der Waals surface area contributed by atoms with Gasteiger partial charge in [-0.1, -0.05) is 20.8 Å². The third kappa shape index (κ3) is 5.24. The minimum atomic E-state index is -3.21. The molecule has 1 fully saturated rings. The molecule has 0 aromatic carbocycles. The van der Waals surface area contributed by atoms with Crippen molar-refractivity contribution in [3.05, 3.63) is 0 Å². The van der Waals surface area contributed by atoms with Crippen molar-refractivity contribution in [2.75, 3.05) is 32.9 Å². The normalized spacial score (nSPS) is 17.6. The SMILES string of the molecule is CN(C1CCN(C(=O)CNC(=O)C(C)(C)C)CC1)S(C)(=O)=O. The number of carbonyl (C=O) groups excluding carboxylic acids is 2. The number of amides is 2. The molecule has 1 aliphatic rings. The van der Waals surface area contributed by atoms with Gasteiger partial charge in [-0.25, -0.2) is 12.7 Å². The van der Waals surface area contributed by atoms with E-state index < -0.39 is 15.4 Å². The lowest BCUT2D eigenvalue weighted by Crippen LogP contribution is -2.50. The molecule has 128 valence electrons. The number of sulfonamides is 1. The lowest BCUT2D eigenvalue weighted by molar-refractivity contribution is -0.136. The Bertz CT molecular complexity index is 517. The molecule has 7 nitrogen and oxygen atoms in total. The highest BCUT2D eigenvalue weighted by Crippen LogP contribution is 2.17. The maximum Gasteiger partial charge on any atom is 0.241 e. The number of hydrogen-bond donors (Lipinski definition) is 1. The molecule has 1 N–H and O–H groups in total. The van der Waals surface area contributed by atoms with Crippen LogP contribution in [0.5, 0.6) is 0 Å². The first kappa shape index (κ1) is 18.9. The second-order valence-corrected chi connectivity index (χ2v) is 8.87. The number of nitrogens with zero attached hydrogens (tertiary/aromatic N) is 2. The molecule has 1 rings (SSSR count). The number of hydrogen-bond acceptors (Lipinski definition) is 4. The van der Waals surface area contributed by atoms with Crippen LogP contribution in [0.3, 0.4) is 0 Å². The zero-order valence-corrected chi connectivity index (χ0v) is 14.9. The topological polar surface area (TPSA) is 86.8 Å². The van der Waals surface area contributed by atoms with E-state index in [9.17, 15) is 18.0 Å². The zero-order valence-electron chi connectivity index (χ0n) is 14.0. The summed E-state index contributed by atoms with van der Waals surface area (Å²) in [6, 6.07) is -0.0665. The van der Waals surface area contributed by atoms with Gasteiger partial charge in [0.1, 0.15) is 0 Å². The molecule has 0 aromatic heterocycles. The van der Waals surface area contributed by atoms with Crippen LogP contribution in [0.1, 0.15) is 33.6 Å². The molecule has 2 amide bonds. The van der Waals surface area contributed by atoms with Crippen molar-refractivity contribution in [1.29, 1.82) is 0 Å². The van der Waals surface area contributed by atoms with Crippen LogP contribution in [0.25, 0.3) is 0 Å². The minimum Gasteiger partial charge on any atom is -0.347 e. The minimum absolute atomic E-state index is 0.0112. The predicted octanol–water partition coefficient (Wildman–Crippen LogP) is 0.0311. The zero-order chi connectivity index (χ0) is 17.1. The summed E-state index contributed by atoms with van der Waals surface area (Å²) in [5, 5.41) is 2.64. The molecule has 0 atom stereocenters. The van der Waals surface area contributed by atoms with Crippen molar-refractivity contribution in [2.24, 2.45) is 5.41 Å². The van der Waals surface area contributed by atoms with E-state index >= 15 is 0 Å². The fraction of sp³-hybridized carbons (Fsp3) is 0.857. The van der Waals surface area contributed by atoms with Crippen molar-refractivity contribution in [3.63, 3.8) is 0 Å². The lowest BCUT2D eigenvalue weighted by Gasteiger charge is -2.35. The Hall–Kier alpha value is -1.15. The Labute approximate surface area is 133 Å². The third-order valence-electron chi connectivity index (χ3n) is 3.94. The second-order valence-electron chi connectivity index (χ2n) is 6.82. The van der Waals surface area contributed by atoms with Gasteiger partial charge in [0.15, 0.2) is 0 Å². The van der Waals surface area contributed by atoms with Crippen molar-refractivity contribution in [2.45, 2.75) is 39.7 Å². The number of likely N-dealkylation sites (tertiary alicyclic amines) is 1. The summed E-state index contributed by atoms with van der Waals surface area (Å²) in [5.41, 5.74) is -0.522. The molecular weight excluding hydrogens is 306 g/mol. The highest BCUT2D eigenvalue weighted by atomic mass is 32.2. The summed E-state index contributed by atoms with van der Waals surface area (Å²) < 4.78 is 24.4. The van der Waals surface area contributed by atoms with Crippen LogP contribution in [0.15, 0.2) is 0 Å². The van der Waals surface area contributed by atoms with Crippen LogP contribution in [-0.4, -0.2) is 68.4 Å². The molecular formula is C14H27N3O4S. The highest BCUT2D eigenvalue weighted by molar-refractivity contribution is 7.88. The van der Waals surface area contributed by atoms with E-state index in [1.165, 1.54) is 10.6 Å². The Morgan fingerprint density at radius 2 is 1.73 bits per heavy atom. The van der Waals surface area contributed by atoms with Gasteiger partial charge >= 0.3 is 0 Å². The third-order valence-corrected chi connectivity index (χ3v) is 5.28. The van der Waals surface area contributed by atoms with E-state index in [1.54, 1.807) is 32.7 Å². The molecule has 0 saturated carbocycles. The summed E-state index contributed by atoms with van der Waals surface area (Å²) in [4.78, 5) is 25.5. The summed E-state index contributed by atoms with van der Waals surface area (Å²) >= 11 is 0. The Morgan fingerprint density at radius 3 is 2.14 bits per heavy atom. The molecule has 1 aliphatic heterocycles. The van der Waals surface area contributed by atoms with Crippen LogP contribution in [0.2, 0.25) is 0 Å².